The molecule has 0 aliphatic carbocycles. The summed E-state index contributed by atoms with van der Waals surface area (Å²) in [5.41, 5.74) is 0. The van der Waals surface area contributed by atoms with Crippen LogP contribution in [0.1, 0.15) is 271 Å². The third-order valence-corrected chi connectivity index (χ3v) is 18.5. The maximum atomic E-state index is 13.4. The summed E-state index contributed by atoms with van der Waals surface area (Å²) in [4.78, 5) is 13.4. The number of hydrogen-bond donors (Lipinski definition) is 12. The van der Waals surface area contributed by atoms with Crippen LogP contribution in [0.3, 0.4) is 0 Å². The van der Waals surface area contributed by atoms with E-state index in [4.69, 9.17) is 28.4 Å². The van der Waals surface area contributed by atoms with Crippen molar-refractivity contribution < 1.29 is 89.4 Å². The van der Waals surface area contributed by atoms with E-state index in [1.807, 2.05) is 6.08 Å². The van der Waals surface area contributed by atoms with Crippen molar-refractivity contribution in [3.8, 4) is 0 Å². The number of unbranched alkanes of at least 4 members (excludes halogenated alkanes) is 32. The SMILES string of the molecule is CC/C=C\C/C=C\C/C=C\C/C=C\C/C=C\CCCCCCCC(=O)NC(COC1OC(CO)C(OC2OC(CO)C(OC3OC(CO)C(O)C(O)C3O)C(O)C2O)C(O)C1O)C(O)/C=C/CCCCCCCCCCCCCCCCCCCCCCCCCCCCC. The topological polar surface area (TPSA) is 307 Å². The van der Waals surface area contributed by atoms with Crippen LogP contribution in [0.15, 0.2) is 72.9 Å². The average Bonchev–Trinajstić information content (AvgIpc) is 0.787. The zero-order valence-corrected chi connectivity index (χ0v) is 58.6. The molecule has 19 heteroatoms. The van der Waals surface area contributed by atoms with Gasteiger partial charge in [0.15, 0.2) is 18.9 Å². The van der Waals surface area contributed by atoms with Gasteiger partial charge in [0.1, 0.15) is 73.2 Å². The van der Waals surface area contributed by atoms with Crippen LogP contribution in [0.5, 0.6) is 0 Å². The van der Waals surface area contributed by atoms with E-state index < -0.39 is 124 Å². The maximum absolute atomic E-state index is 13.4. The summed E-state index contributed by atoms with van der Waals surface area (Å²) in [5.74, 6) is -0.294. The van der Waals surface area contributed by atoms with Crippen LogP contribution >= 0.6 is 0 Å². The van der Waals surface area contributed by atoms with Gasteiger partial charge < -0.3 is 89.9 Å². The van der Waals surface area contributed by atoms with E-state index in [9.17, 15) is 61.0 Å². The number of allylic oxidation sites excluding steroid dienone is 11. The second-order valence-electron chi connectivity index (χ2n) is 26.7. The molecule has 17 unspecified atom stereocenters. The molecule has 12 N–H and O–H groups in total. The number of nitrogens with one attached hydrogen (secondary N) is 1. The minimum atomic E-state index is -1.98. The molecule has 552 valence electrons. The van der Waals surface area contributed by atoms with Gasteiger partial charge in [0, 0.05) is 6.42 Å². The van der Waals surface area contributed by atoms with Crippen molar-refractivity contribution in [1.29, 1.82) is 0 Å². The number of ether oxygens (including phenoxy) is 6. The van der Waals surface area contributed by atoms with Crippen LogP contribution in [0.25, 0.3) is 0 Å². The highest BCUT2D eigenvalue weighted by molar-refractivity contribution is 5.76. The monoisotopic (exact) mass is 1350 g/mol. The van der Waals surface area contributed by atoms with Crippen LogP contribution in [-0.2, 0) is 33.2 Å². The molecule has 3 saturated heterocycles. The van der Waals surface area contributed by atoms with Crippen LogP contribution < -0.4 is 5.32 Å². The number of carbonyl (C=O) groups excluding carboxylic acids is 1. The Morgan fingerprint density at radius 1 is 0.389 bits per heavy atom. The van der Waals surface area contributed by atoms with Crippen molar-refractivity contribution in [1.82, 2.24) is 5.32 Å². The quantitative estimate of drug-likeness (QED) is 0.0199. The van der Waals surface area contributed by atoms with E-state index in [1.165, 1.54) is 154 Å². The lowest BCUT2D eigenvalue weighted by Gasteiger charge is -2.48. The van der Waals surface area contributed by atoms with Crippen molar-refractivity contribution in [3.63, 3.8) is 0 Å². The van der Waals surface area contributed by atoms with Gasteiger partial charge in [-0.25, -0.2) is 0 Å². The fourth-order valence-electron chi connectivity index (χ4n) is 12.5. The number of amides is 1. The molecule has 3 rings (SSSR count). The van der Waals surface area contributed by atoms with Crippen molar-refractivity contribution in [2.75, 3.05) is 26.4 Å². The normalized spacial score (nSPS) is 27.6. The lowest BCUT2D eigenvalue weighted by Crippen LogP contribution is -2.66. The number of rotatable bonds is 58. The first-order chi connectivity index (χ1) is 46.3. The Bertz CT molecular complexity index is 2000. The van der Waals surface area contributed by atoms with Gasteiger partial charge in [-0.05, 0) is 64.2 Å². The summed E-state index contributed by atoms with van der Waals surface area (Å²) in [6.45, 7) is 1.63. The predicted molar refractivity (Wildman–Crippen MR) is 374 cm³/mol. The molecule has 17 atom stereocenters. The second kappa shape index (κ2) is 56.9. The van der Waals surface area contributed by atoms with Crippen LogP contribution in [0, 0.1) is 0 Å². The van der Waals surface area contributed by atoms with Gasteiger partial charge in [0.2, 0.25) is 5.91 Å². The Hall–Kier alpha value is -2.77. The molecule has 3 aliphatic heterocycles. The van der Waals surface area contributed by atoms with Gasteiger partial charge in [-0.15, -0.1) is 0 Å². The Morgan fingerprint density at radius 2 is 0.726 bits per heavy atom. The first-order valence-electron chi connectivity index (χ1n) is 37.7. The van der Waals surface area contributed by atoms with Crippen LogP contribution in [0.4, 0.5) is 0 Å². The van der Waals surface area contributed by atoms with E-state index in [1.54, 1.807) is 6.08 Å². The Morgan fingerprint density at radius 3 is 1.14 bits per heavy atom. The first-order valence-corrected chi connectivity index (χ1v) is 37.7. The maximum Gasteiger partial charge on any atom is 0.220 e. The highest BCUT2D eigenvalue weighted by Crippen LogP contribution is 2.33. The van der Waals surface area contributed by atoms with Gasteiger partial charge in [0.25, 0.3) is 0 Å². The first kappa shape index (κ1) is 86.5. The molecule has 0 aromatic carbocycles. The summed E-state index contributed by atoms with van der Waals surface area (Å²) in [6, 6.07) is -0.990. The lowest BCUT2D eigenvalue weighted by molar-refractivity contribution is -0.379. The van der Waals surface area contributed by atoms with E-state index >= 15 is 0 Å². The Labute approximate surface area is 572 Å². The minimum Gasteiger partial charge on any atom is -0.394 e. The zero-order valence-electron chi connectivity index (χ0n) is 58.6. The van der Waals surface area contributed by atoms with Crippen molar-refractivity contribution >= 4 is 5.91 Å². The Kier molecular flexibility index (Phi) is 51.8. The summed E-state index contributed by atoms with van der Waals surface area (Å²) in [7, 11) is 0. The highest BCUT2D eigenvalue weighted by Gasteiger charge is 2.53. The molecule has 95 heavy (non-hydrogen) atoms. The van der Waals surface area contributed by atoms with Gasteiger partial charge in [0.05, 0.1) is 38.6 Å². The highest BCUT2D eigenvalue weighted by atomic mass is 16.8. The minimum absolute atomic E-state index is 0.218. The molecule has 0 bridgehead atoms. The molecule has 0 spiro atoms. The molecular weight excluding hydrogens is 1210 g/mol. The molecular formula is C76H135NO18. The smallest absolute Gasteiger partial charge is 0.220 e. The number of aliphatic hydroxyl groups is 11. The van der Waals surface area contributed by atoms with Crippen molar-refractivity contribution in [2.45, 2.75) is 375 Å². The van der Waals surface area contributed by atoms with Gasteiger partial charge in [-0.2, -0.15) is 0 Å². The van der Waals surface area contributed by atoms with Crippen LogP contribution in [-0.4, -0.2) is 193 Å². The molecule has 19 nitrogen and oxygen atoms in total. The van der Waals surface area contributed by atoms with Crippen LogP contribution in [0.2, 0.25) is 0 Å². The number of aliphatic hydroxyl groups excluding tert-OH is 11. The molecule has 3 heterocycles. The summed E-state index contributed by atoms with van der Waals surface area (Å²) >= 11 is 0. The standard InChI is InChI=1S/C76H135NO18/c1-3-5-7-9-11-13-15-17-19-21-23-25-26-27-28-29-30-31-32-34-35-37-39-41-43-45-47-49-51-53-60(81)59(77-64(82)54-52-50-48-46-44-42-40-38-36-33-24-22-20-18-16-14-12-10-8-6-4-2)58-90-74-70(88)67(85)72(62(56-79)92-74)95-76-71(89)68(86)73(63(57-80)93-76)94-75-69(87)66(84)65(83)61(55-78)91-75/h6,8,12,14,18,20,24,33,38,40,51,53,59-63,65-76,78-81,83-89H,3-5,7,9-11,13,15-17,19,21-23,25-32,34-37,39,41-50,52,54-58H2,1-2H3,(H,77,82)/b8-6-,14-12-,20-18-,33-24-,40-38-,53-51+. The summed E-state index contributed by atoms with van der Waals surface area (Å²) in [5, 5.41) is 121. The lowest BCUT2D eigenvalue weighted by atomic mass is 9.96. The molecule has 3 aliphatic rings. The summed E-state index contributed by atoms with van der Waals surface area (Å²) < 4.78 is 34.4. The molecule has 1 amide bonds. The molecule has 0 aromatic heterocycles. The largest absolute Gasteiger partial charge is 0.394 e. The molecule has 0 saturated carbocycles. The fraction of sp³-hybridized carbons (Fsp3) is 0.829. The molecule has 3 fully saturated rings. The van der Waals surface area contributed by atoms with Gasteiger partial charge >= 0.3 is 0 Å². The number of hydrogen-bond acceptors (Lipinski definition) is 18. The molecule has 0 aromatic rings. The number of carbonyl (C=O) groups is 1. The average molecular weight is 1350 g/mol. The predicted octanol–water partition coefficient (Wildman–Crippen LogP) is 11.3. The van der Waals surface area contributed by atoms with Crippen molar-refractivity contribution in [2.24, 2.45) is 0 Å². The third kappa shape index (κ3) is 38.0. The molecule has 0 radical (unpaired) electrons. The van der Waals surface area contributed by atoms with E-state index in [-0.39, 0.29) is 18.9 Å². The second-order valence-corrected chi connectivity index (χ2v) is 26.7. The van der Waals surface area contributed by atoms with E-state index in [0.29, 0.717) is 6.42 Å². The van der Waals surface area contributed by atoms with Gasteiger partial charge in [-0.1, -0.05) is 273 Å². The Balaban J connectivity index is 1.41. The zero-order chi connectivity index (χ0) is 68.9. The van der Waals surface area contributed by atoms with Crippen molar-refractivity contribution in [3.05, 3.63) is 72.9 Å². The van der Waals surface area contributed by atoms with Gasteiger partial charge in [-0.3, -0.25) is 4.79 Å². The summed E-state index contributed by atoms with van der Waals surface area (Å²) in [6.07, 6.45) is 45.9. The third-order valence-electron chi connectivity index (χ3n) is 18.5. The van der Waals surface area contributed by atoms with E-state index in [0.717, 1.165) is 89.9 Å². The fourth-order valence-corrected chi connectivity index (χ4v) is 12.5. The van der Waals surface area contributed by atoms with E-state index in [2.05, 4.69) is 79.9 Å².